The predicted octanol–water partition coefficient (Wildman–Crippen LogP) is -0.206. The van der Waals surface area contributed by atoms with E-state index in [-0.39, 0.29) is 57.4 Å². The van der Waals surface area contributed by atoms with E-state index in [1.165, 1.54) is 6.20 Å². The fraction of sp³-hybridized carbons (Fsp3) is 0.125. The molecule has 0 unspecified atom stereocenters. The first-order valence-electron chi connectivity index (χ1n) is 3.78. The van der Waals surface area contributed by atoms with Gasteiger partial charge in [-0.2, -0.15) is 0 Å². The Morgan fingerprint density at radius 2 is 1.93 bits per heavy atom. The molecule has 0 bridgehead atoms. The second kappa shape index (κ2) is 6.07. The van der Waals surface area contributed by atoms with Crippen molar-refractivity contribution in [1.29, 1.82) is 0 Å². The summed E-state index contributed by atoms with van der Waals surface area (Å²) in [5.41, 5.74) is 1.32. The van der Waals surface area contributed by atoms with Crippen molar-refractivity contribution in [3.63, 3.8) is 0 Å². The van der Waals surface area contributed by atoms with Crippen molar-refractivity contribution in [1.82, 2.24) is 4.98 Å². The second-order valence-corrected chi connectivity index (χ2v) is 2.78. The number of rotatable bonds is 2. The Morgan fingerprint density at radius 3 is 2.43 bits per heavy atom. The molecule has 0 atom stereocenters. The van der Waals surface area contributed by atoms with Crippen molar-refractivity contribution < 1.29 is 64.3 Å². The van der Waals surface area contributed by atoms with E-state index in [4.69, 9.17) is 0 Å². The smallest absolute Gasteiger partial charge is 0.445 e. The van der Waals surface area contributed by atoms with Crippen LogP contribution in [-0.4, -0.2) is 12.0 Å². The first-order chi connectivity index (χ1) is 5.97. The zero-order chi connectivity index (χ0) is 9.90. The number of hydrogen-bond acceptors (Lipinski definition) is 1. The third kappa shape index (κ3) is 5.98. The van der Waals surface area contributed by atoms with Gasteiger partial charge in [-0.1, -0.05) is 6.08 Å². The summed E-state index contributed by atoms with van der Waals surface area (Å²) in [5.74, 6) is 0.260. The summed E-state index contributed by atoms with van der Waals surface area (Å²) in [6.07, 6.45) is 4.02. The van der Waals surface area contributed by atoms with E-state index < -0.39 is 6.98 Å². The van der Waals surface area contributed by atoms with E-state index in [0.717, 1.165) is 11.6 Å². The molecule has 0 N–H and O–H groups in total. The zero-order valence-corrected chi connectivity index (χ0v) is 11.2. The van der Waals surface area contributed by atoms with Crippen LogP contribution in [0.4, 0.5) is 12.9 Å². The maximum atomic E-state index is 11.8. The van der Waals surface area contributed by atoms with Crippen LogP contribution in [0.2, 0.25) is 0 Å². The first kappa shape index (κ1) is 14.4. The Balaban J connectivity index is 0.00000169. The Kier molecular flexibility index (Phi) is 6.24. The molecule has 0 aliphatic heterocycles. The number of aryl methyl sites for hydroxylation is 1. The maximum Gasteiger partial charge on any atom is 1.00 e. The average molecular weight is 225 g/mol. The number of halogens is 3. The van der Waals surface area contributed by atoms with Gasteiger partial charge in [0.2, 0.25) is 0 Å². The number of nitrogens with zero attached hydrogens (tertiary/aromatic N) is 1. The van der Waals surface area contributed by atoms with Crippen molar-refractivity contribution >= 4 is 13.1 Å². The van der Waals surface area contributed by atoms with Gasteiger partial charge in [-0.05, 0) is 24.1 Å². The molecule has 1 heterocycles. The molecule has 0 fully saturated rings. The Hall–Kier alpha value is 0.381. The molecule has 0 spiro atoms. The van der Waals surface area contributed by atoms with E-state index in [1.807, 2.05) is 0 Å². The normalized spacial score (nSPS) is 11.4. The van der Waals surface area contributed by atoms with Gasteiger partial charge in [-0.3, -0.25) is 4.98 Å². The van der Waals surface area contributed by atoms with Crippen LogP contribution < -0.4 is 51.4 Å². The van der Waals surface area contributed by atoms with Gasteiger partial charge in [0.15, 0.2) is 0 Å². The molecule has 1 aromatic heterocycles. The van der Waals surface area contributed by atoms with Gasteiger partial charge in [-0.15, -0.1) is 5.98 Å². The molecule has 14 heavy (non-hydrogen) atoms. The Morgan fingerprint density at radius 1 is 1.29 bits per heavy atom. The van der Waals surface area contributed by atoms with Gasteiger partial charge in [0.25, 0.3) is 0 Å². The zero-order valence-electron chi connectivity index (χ0n) is 8.05. The summed E-state index contributed by atoms with van der Waals surface area (Å²) in [7, 11) is 0. The van der Waals surface area contributed by atoms with Gasteiger partial charge in [0.05, 0.1) is 0 Å². The average Bonchev–Trinajstić information content (AvgIpc) is 2.00. The van der Waals surface area contributed by atoms with Crippen LogP contribution in [0, 0.1) is 6.92 Å². The van der Waals surface area contributed by atoms with Crippen LogP contribution in [0.15, 0.2) is 24.4 Å². The molecule has 0 aliphatic rings. The Labute approximate surface area is 123 Å². The summed E-state index contributed by atoms with van der Waals surface area (Å²) in [6, 6.07) is 1.64. The summed E-state index contributed by atoms with van der Waals surface area (Å²) >= 11 is 0. The molecule has 0 saturated heterocycles. The van der Waals surface area contributed by atoms with Gasteiger partial charge in [0, 0.05) is 12.4 Å². The van der Waals surface area contributed by atoms with Crippen LogP contribution in [0.5, 0.6) is 0 Å². The summed E-state index contributed by atoms with van der Waals surface area (Å²) in [6.45, 7) is -3.07. The summed E-state index contributed by atoms with van der Waals surface area (Å²) < 4.78 is 35.4. The fourth-order valence-corrected chi connectivity index (χ4v) is 0.890. The van der Waals surface area contributed by atoms with E-state index in [0.29, 0.717) is 5.56 Å². The van der Waals surface area contributed by atoms with Crippen molar-refractivity contribution in [2.75, 3.05) is 0 Å². The standard InChI is InChI=1S/C8H8BF3N.K/c1-7-4-8(6-13-5-7)2-3-9(10,11)12;/h2-6H,1H3;/q-1;+1/b3-2+;. The minimum Gasteiger partial charge on any atom is -0.445 e. The monoisotopic (exact) mass is 225 g/mol. The number of aromatic nitrogens is 1. The van der Waals surface area contributed by atoms with Gasteiger partial charge >= 0.3 is 58.4 Å². The minimum atomic E-state index is -4.85. The third-order valence-electron chi connectivity index (χ3n) is 1.40. The fourth-order valence-electron chi connectivity index (χ4n) is 0.890. The van der Waals surface area contributed by atoms with Crippen LogP contribution in [-0.2, 0) is 0 Å². The third-order valence-corrected chi connectivity index (χ3v) is 1.40. The van der Waals surface area contributed by atoms with Crippen LogP contribution in [0.3, 0.4) is 0 Å². The topological polar surface area (TPSA) is 12.9 Å². The van der Waals surface area contributed by atoms with Gasteiger partial charge in [-0.25, -0.2) is 0 Å². The van der Waals surface area contributed by atoms with Crippen LogP contribution >= 0.6 is 0 Å². The molecule has 0 aromatic carbocycles. The molecular formula is C8H8BF3KN. The summed E-state index contributed by atoms with van der Waals surface area (Å²) in [5, 5.41) is 0. The molecule has 1 rings (SSSR count). The van der Waals surface area contributed by atoms with E-state index in [2.05, 4.69) is 4.98 Å². The molecule has 70 valence electrons. The number of hydrogen-bond donors (Lipinski definition) is 0. The van der Waals surface area contributed by atoms with Crippen molar-refractivity contribution in [2.45, 2.75) is 6.92 Å². The molecule has 0 amide bonds. The van der Waals surface area contributed by atoms with Crippen LogP contribution in [0.25, 0.3) is 6.08 Å². The van der Waals surface area contributed by atoms with E-state index >= 15 is 0 Å². The predicted molar refractivity (Wildman–Crippen MR) is 47.1 cm³/mol. The minimum absolute atomic E-state index is 0. The quantitative estimate of drug-likeness (QED) is 0.635. The molecular weight excluding hydrogens is 217 g/mol. The molecule has 0 radical (unpaired) electrons. The maximum absolute atomic E-state index is 11.8. The number of pyridine rings is 1. The molecule has 1 nitrogen and oxygen atoms in total. The van der Waals surface area contributed by atoms with Crippen molar-refractivity contribution in [3.05, 3.63) is 35.6 Å². The van der Waals surface area contributed by atoms with Gasteiger partial charge < -0.3 is 12.9 Å². The van der Waals surface area contributed by atoms with E-state index in [1.54, 1.807) is 19.2 Å². The molecule has 0 saturated carbocycles. The molecule has 1 aromatic rings. The SMILES string of the molecule is Cc1cncc(/C=C/[B-](F)(F)F)c1.[K+]. The Bertz CT molecular complexity index is 325. The summed E-state index contributed by atoms with van der Waals surface area (Å²) in [4.78, 5) is 3.77. The molecule has 0 aliphatic carbocycles. The van der Waals surface area contributed by atoms with Crippen molar-refractivity contribution in [2.24, 2.45) is 0 Å². The van der Waals surface area contributed by atoms with Crippen molar-refractivity contribution in [3.8, 4) is 0 Å². The van der Waals surface area contributed by atoms with E-state index in [9.17, 15) is 12.9 Å². The molecule has 6 heteroatoms. The van der Waals surface area contributed by atoms with Gasteiger partial charge in [0.1, 0.15) is 0 Å². The van der Waals surface area contributed by atoms with Crippen LogP contribution in [0.1, 0.15) is 11.1 Å². The largest absolute Gasteiger partial charge is 1.00 e. The second-order valence-electron chi connectivity index (χ2n) is 2.78. The first-order valence-corrected chi connectivity index (χ1v) is 3.78.